The fourth-order valence-electron chi connectivity index (χ4n) is 2.35. The van der Waals surface area contributed by atoms with Gasteiger partial charge < -0.3 is 0 Å². The maximum absolute atomic E-state index is 10.7. The van der Waals surface area contributed by atoms with Crippen LogP contribution in [0.3, 0.4) is 0 Å². The van der Waals surface area contributed by atoms with E-state index in [-0.39, 0.29) is 6.04 Å². The van der Waals surface area contributed by atoms with Crippen LogP contribution in [0.15, 0.2) is 74.6 Å². The molecule has 0 atom stereocenters. The Bertz CT molecular complexity index is 759. The number of benzene rings is 2. The highest BCUT2D eigenvalue weighted by atomic mass is 31.1. The van der Waals surface area contributed by atoms with Crippen molar-refractivity contribution < 1.29 is 14.4 Å². The third-order valence-electron chi connectivity index (χ3n) is 3.48. The monoisotopic (exact) mass is 367 g/mol. The Morgan fingerprint density at radius 3 is 1.48 bits per heavy atom. The van der Waals surface area contributed by atoms with Crippen LogP contribution in [0.4, 0.5) is 0 Å². The second-order valence-corrected chi connectivity index (χ2v) is 10.0. The average Bonchev–Trinajstić information content (AvgIpc) is 2.64. The summed E-state index contributed by atoms with van der Waals surface area (Å²) < 4.78 is 10.7. The summed E-state index contributed by atoms with van der Waals surface area (Å²) in [7, 11) is -4.29. The van der Waals surface area contributed by atoms with Crippen LogP contribution in [-0.2, 0) is 14.4 Å². The Hall–Kier alpha value is -2.77. The number of isocyanates is 3. The molecule has 0 bridgehead atoms. The van der Waals surface area contributed by atoms with Crippen LogP contribution in [0.2, 0.25) is 6.04 Å². The molecule has 0 fully saturated rings. The number of hydrogen-bond donors (Lipinski definition) is 0. The van der Waals surface area contributed by atoms with Crippen molar-refractivity contribution in [3.63, 3.8) is 0 Å². The van der Waals surface area contributed by atoms with Crippen molar-refractivity contribution in [1.82, 2.24) is 0 Å². The Morgan fingerprint density at radius 2 is 1.12 bits per heavy atom. The molecule has 0 amide bonds. The molecule has 0 saturated heterocycles. The molecule has 2 aromatic rings. The van der Waals surface area contributed by atoms with Gasteiger partial charge in [0.25, 0.3) is 0 Å². The molecule has 2 rings (SSSR count). The molecule has 6 nitrogen and oxygen atoms in total. The molecule has 124 valence electrons. The summed E-state index contributed by atoms with van der Waals surface area (Å²) in [6.45, 7) is 0. The summed E-state index contributed by atoms with van der Waals surface area (Å²) in [5.74, 6) is 0. The summed E-state index contributed by atoms with van der Waals surface area (Å²) >= 11 is 0. The first-order chi connectivity index (χ1) is 12.2. The topological polar surface area (TPSA) is 88.3 Å². The molecule has 0 aliphatic heterocycles. The van der Waals surface area contributed by atoms with Crippen LogP contribution in [0.1, 0.15) is 0 Å². The van der Waals surface area contributed by atoms with E-state index in [1.165, 1.54) is 18.2 Å². The van der Waals surface area contributed by atoms with E-state index in [9.17, 15) is 14.4 Å². The zero-order chi connectivity index (χ0) is 18.0. The maximum atomic E-state index is 10.7. The summed E-state index contributed by atoms with van der Waals surface area (Å²) in [6, 6.07) is 20.0. The SMILES string of the molecule is O=C=N[Si](CCP(c1ccccc1)c1ccccc1)(N=C=O)N=C=O. The first-order valence-corrected chi connectivity index (χ1v) is 11.0. The Morgan fingerprint density at radius 1 is 0.720 bits per heavy atom. The van der Waals surface area contributed by atoms with E-state index >= 15 is 0 Å². The molecular weight excluding hydrogens is 353 g/mol. The second kappa shape index (κ2) is 9.51. The van der Waals surface area contributed by atoms with Crippen LogP contribution in [-0.4, -0.2) is 33.0 Å². The van der Waals surface area contributed by atoms with Gasteiger partial charge in [0.1, 0.15) is 0 Å². The molecule has 25 heavy (non-hydrogen) atoms. The molecule has 0 unspecified atom stereocenters. The molecular formula is C17H14N3O3PSi. The molecule has 8 heteroatoms. The van der Waals surface area contributed by atoms with Gasteiger partial charge in [-0.2, -0.15) is 14.0 Å². The zero-order valence-electron chi connectivity index (χ0n) is 13.2. The highest BCUT2D eigenvalue weighted by Crippen LogP contribution is 2.36. The standard InChI is InChI=1S/C17H14N3O3PSi/c21-13-18-25(19-14-22,20-15-23)12-11-24(16-7-3-1-4-8-16)17-9-5-2-6-10-17/h1-10H,11-12H2. The Balaban J connectivity index is 2.38. The number of nitrogens with zero attached hydrogens (tertiary/aromatic N) is 3. The average molecular weight is 367 g/mol. The zero-order valence-corrected chi connectivity index (χ0v) is 15.1. The first kappa shape index (κ1) is 18.6. The van der Waals surface area contributed by atoms with Gasteiger partial charge >= 0.3 is 8.56 Å². The summed E-state index contributed by atoms with van der Waals surface area (Å²) in [5, 5.41) is 2.26. The lowest BCUT2D eigenvalue weighted by Gasteiger charge is -2.20. The van der Waals surface area contributed by atoms with E-state index in [1.807, 2.05) is 60.7 Å². The quantitative estimate of drug-likeness (QED) is 0.310. The van der Waals surface area contributed by atoms with E-state index in [0.717, 1.165) is 10.6 Å². The maximum Gasteiger partial charge on any atom is 0.468 e. The molecule has 0 aliphatic rings. The lowest BCUT2D eigenvalue weighted by atomic mass is 10.4. The molecule has 0 spiro atoms. The molecule has 0 aliphatic carbocycles. The van der Waals surface area contributed by atoms with Crippen LogP contribution >= 0.6 is 7.92 Å². The molecule has 0 radical (unpaired) electrons. The van der Waals surface area contributed by atoms with Crippen molar-refractivity contribution in [1.29, 1.82) is 0 Å². The van der Waals surface area contributed by atoms with Crippen LogP contribution in [0, 0.1) is 0 Å². The highest BCUT2D eigenvalue weighted by molar-refractivity contribution is 7.73. The minimum Gasteiger partial charge on any atom is -0.212 e. The van der Waals surface area contributed by atoms with Crippen molar-refractivity contribution in [2.24, 2.45) is 14.0 Å². The van der Waals surface area contributed by atoms with Gasteiger partial charge in [-0.25, -0.2) is 14.4 Å². The predicted octanol–water partition coefficient (Wildman–Crippen LogP) is 2.07. The van der Waals surface area contributed by atoms with E-state index < -0.39 is 16.5 Å². The van der Waals surface area contributed by atoms with Gasteiger partial charge in [-0.05, 0) is 24.7 Å². The van der Waals surface area contributed by atoms with Crippen molar-refractivity contribution in [2.75, 3.05) is 6.16 Å². The lowest BCUT2D eigenvalue weighted by Crippen LogP contribution is -2.30. The van der Waals surface area contributed by atoms with E-state index in [2.05, 4.69) is 14.0 Å². The van der Waals surface area contributed by atoms with Gasteiger partial charge in [-0.1, -0.05) is 60.7 Å². The number of carbonyl (C=O) groups excluding carboxylic acids is 3. The third kappa shape index (κ3) is 5.10. The predicted molar refractivity (Wildman–Crippen MR) is 98.9 cm³/mol. The van der Waals surface area contributed by atoms with Crippen LogP contribution in [0.25, 0.3) is 0 Å². The molecule has 0 N–H and O–H groups in total. The summed E-state index contributed by atoms with van der Waals surface area (Å²) in [5.41, 5.74) is 0. The van der Waals surface area contributed by atoms with Crippen molar-refractivity contribution >= 4 is 45.3 Å². The van der Waals surface area contributed by atoms with Gasteiger partial charge in [-0.15, -0.1) is 0 Å². The third-order valence-corrected chi connectivity index (χ3v) is 8.68. The van der Waals surface area contributed by atoms with Gasteiger partial charge in [0.15, 0.2) is 0 Å². The van der Waals surface area contributed by atoms with E-state index in [0.29, 0.717) is 6.16 Å². The van der Waals surface area contributed by atoms with Gasteiger partial charge in [0.2, 0.25) is 18.2 Å². The molecule has 0 aromatic heterocycles. The fraction of sp³-hybridized carbons (Fsp3) is 0.118. The van der Waals surface area contributed by atoms with Crippen LogP contribution in [0.5, 0.6) is 0 Å². The van der Waals surface area contributed by atoms with Crippen molar-refractivity contribution in [2.45, 2.75) is 6.04 Å². The normalized spacial score (nSPS) is 12.2. The number of rotatable bonds is 8. The summed E-state index contributed by atoms with van der Waals surface area (Å²) in [6.07, 6.45) is 4.71. The largest absolute Gasteiger partial charge is 0.468 e. The minimum absolute atomic E-state index is 0.224. The molecule has 0 heterocycles. The number of hydrogen-bond acceptors (Lipinski definition) is 6. The Kier molecular flexibility index (Phi) is 7.06. The van der Waals surface area contributed by atoms with E-state index in [4.69, 9.17) is 0 Å². The lowest BCUT2D eigenvalue weighted by molar-refractivity contribution is 0.564. The minimum atomic E-state index is -3.50. The molecule has 0 saturated carbocycles. The van der Waals surface area contributed by atoms with Crippen LogP contribution < -0.4 is 10.6 Å². The van der Waals surface area contributed by atoms with Crippen molar-refractivity contribution in [3.8, 4) is 0 Å². The fourth-order valence-corrected chi connectivity index (χ4v) is 7.24. The van der Waals surface area contributed by atoms with Gasteiger partial charge in [0, 0.05) is 6.04 Å². The van der Waals surface area contributed by atoms with Gasteiger partial charge in [-0.3, -0.25) is 0 Å². The smallest absolute Gasteiger partial charge is 0.212 e. The highest BCUT2D eigenvalue weighted by Gasteiger charge is 2.37. The van der Waals surface area contributed by atoms with Crippen molar-refractivity contribution in [3.05, 3.63) is 60.7 Å². The summed E-state index contributed by atoms with van der Waals surface area (Å²) in [4.78, 5) is 32.2. The second-order valence-electron chi connectivity index (χ2n) is 4.96. The first-order valence-electron chi connectivity index (χ1n) is 7.39. The Labute approximate surface area is 147 Å². The van der Waals surface area contributed by atoms with E-state index in [1.54, 1.807) is 0 Å². The van der Waals surface area contributed by atoms with Gasteiger partial charge in [0.05, 0.1) is 0 Å². The molecule has 2 aromatic carbocycles.